The molecular formula is C24H22N2O6S. The predicted molar refractivity (Wildman–Crippen MR) is 125 cm³/mol. The van der Waals surface area contributed by atoms with E-state index in [2.05, 4.69) is 10.6 Å². The van der Waals surface area contributed by atoms with E-state index in [0.717, 1.165) is 11.3 Å². The topological polar surface area (TPSA) is 111 Å². The maximum Gasteiger partial charge on any atom is 0.341 e. The first kappa shape index (κ1) is 23.7. The van der Waals surface area contributed by atoms with Gasteiger partial charge in [0.25, 0.3) is 11.8 Å². The molecule has 0 aliphatic carbocycles. The van der Waals surface area contributed by atoms with Gasteiger partial charge in [-0.15, -0.1) is 11.3 Å². The molecule has 0 radical (unpaired) electrons. The fourth-order valence-corrected chi connectivity index (χ4v) is 4.11. The number of amides is 2. The quantitative estimate of drug-likeness (QED) is 0.495. The van der Waals surface area contributed by atoms with Crippen LogP contribution in [-0.4, -0.2) is 37.5 Å². The van der Waals surface area contributed by atoms with E-state index in [4.69, 9.17) is 9.47 Å². The molecule has 0 unspecified atom stereocenters. The molecule has 0 aliphatic rings. The number of rotatable bonds is 7. The minimum absolute atomic E-state index is 0.120. The van der Waals surface area contributed by atoms with Gasteiger partial charge >= 0.3 is 11.9 Å². The van der Waals surface area contributed by atoms with Crippen LogP contribution < -0.4 is 10.6 Å². The Kier molecular flexibility index (Phi) is 7.57. The van der Waals surface area contributed by atoms with E-state index in [-0.39, 0.29) is 22.0 Å². The third-order valence-electron chi connectivity index (χ3n) is 4.66. The highest BCUT2D eigenvalue weighted by atomic mass is 32.1. The molecular weight excluding hydrogens is 444 g/mol. The van der Waals surface area contributed by atoms with Crippen molar-refractivity contribution >= 4 is 45.8 Å². The highest BCUT2D eigenvalue weighted by molar-refractivity contribution is 7.19. The molecule has 0 spiro atoms. The van der Waals surface area contributed by atoms with E-state index in [0.29, 0.717) is 22.4 Å². The van der Waals surface area contributed by atoms with Crippen LogP contribution in [0.3, 0.4) is 0 Å². The molecule has 2 N–H and O–H groups in total. The summed E-state index contributed by atoms with van der Waals surface area (Å²) in [6.07, 6.45) is 0. The largest absolute Gasteiger partial charge is 0.465 e. The van der Waals surface area contributed by atoms with Crippen LogP contribution in [0.15, 0.2) is 54.6 Å². The van der Waals surface area contributed by atoms with Crippen LogP contribution in [-0.2, 0) is 9.47 Å². The Balaban J connectivity index is 1.85. The normalized spacial score (nSPS) is 10.3. The number of anilines is 2. The van der Waals surface area contributed by atoms with E-state index in [1.165, 1.54) is 7.11 Å². The Bertz CT molecular complexity index is 1190. The van der Waals surface area contributed by atoms with Crippen molar-refractivity contribution in [2.24, 2.45) is 0 Å². The van der Waals surface area contributed by atoms with Crippen molar-refractivity contribution in [2.75, 3.05) is 24.4 Å². The van der Waals surface area contributed by atoms with Gasteiger partial charge in [-0.25, -0.2) is 9.59 Å². The smallest absolute Gasteiger partial charge is 0.341 e. The van der Waals surface area contributed by atoms with Crippen molar-refractivity contribution < 1.29 is 28.7 Å². The first-order chi connectivity index (χ1) is 15.8. The van der Waals surface area contributed by atoms with Gasteiger partial charge in [0.1, 0.15) is 5.00 Å². The number of esters is 2. The Morgan fingerprint density at radius 3 is 2.12 bits per heavy atom. The zero-order valence-corrected chi connectivity index (χ0v) is 19.1. The molecule has 0 saturated carbocycles. The number of thiophene rings is 1. The van der Waals surface area contributed by atoms with Gasteiger partial charge < -0.3 is 20.1 Å². The number of hydrogen-bond donors (Lipinski definition) is 2. The number of carbonyl (C=O) groups excluding carboxylic acids is 4. The molecule has 0 atom stereocenters. The van der Waals surface area contributed by atoms with Crippen LogP contribution in [0.1, 0.15) is 53.2 Å². The van der Waals surface area contributed by atoms with Crippen molar-refractivity contribution in [1.29, 1.82) is 0 Å². The Morgan fingerprint density at radius 2 is 1.52 bits per heavy atom. The molecule has 2 amide bonds. The van der Waals surface area contributed by atoms with E-state index in [1.807, 2.05) is 0 Å². The molecule has 2 aromatic carbocycles. The zero-order valence-electron chi connectivity index (χ0n) is 18.3. The van der Waals surface area contributed by atoms with Crippen molar-refractivity contribution in [2.45, 2.75) is 13.8 Å². The van der Waals surface area contributed by atoms with E-state index in [9.17, 15) is 19.2 Å². The molecule has 3 aromatic rings. The fourth-order valence-electron chi connectivity index (χ4n) is 3.02. The van der Waals surface area contributed by atoms with Gasteiger partial charge in [-0.05, 0) is 55.8 Å². The predicted octanol–water partition coefficient (Wildman–Crippen LogP) is 4.52. The van der Waals surface area contributed by atoms with Gasteiger partial charge in [-0.3, -0.25) is 9.59 Å². The van der Waals surface area contributed by atoms with Crippen molar-refractivity contribution in [3.63, 3.8) is 0 Å². The summed E-state index contributed by atoms with van der Waals surface area (Å²) in [4.78, 5) is 49.9. The number of hydrogen-bond acceptors (Lipinski definition) is 7. The Morgan fingerprint density at radius 1 is 0.848 bits per heavy atom. The van der Waals surface area contributed by atoms with Gasteiger partial charge in [-0.2, -0.15) is 0 Å². The molecule has 0 aliphatic heterocycles. The lowest BCUT2D eigenvalue weighted by atomic mass is 10.1. The lowest BCUT2D eigenvalue weighted by molar-refractivity contribution is 0.0525. The first-order valence-corrected chi connectivity index (χ1v) is 10.8. The summed E-state index contributed by atoms with van der Waals surface area (Å²) in [7, 11) is 1.23. The summed E-state index contributed by atoms with van der Waals surface area (Å²) in [5.41, 5.74) is 1.73. The maximum atomic E-state index is 12.9. The van der Waals surface area contributed by atoms with Gasteiger partial charge in [0, 0.05) is 11.3 Å². The second-order valence-electron chi connectivity index (χ2n) is 6.82. The highest BCUT2D eigenvalue weighted by Crippen LogP contribution is 2.34. The summed E-state index contributed by atoms with van der Waals surface area (Å²) in [6.45, 7) is 3.59. The third kappa shape index (κ3) is 5.45. The summed E-state index contributed by atoms with van der Waals surface area (Å²) in [6, 6.07) is 14.7. The van der Waals surface area contributed by atoms with Gasteiger partial charge in [-0.1, -0.05) is 18.2 Å². The molecule has 0 bridgehead atoms. The monoisotopic (exact) mass is 466 g/mol. The summed E-state index contributed by atoms with van der Waals surface area (Å²) in [5.74, 6) is -1.99. The number of benzene rings is 2. The zero-order chi connectivity index (χ0) is 24.0. The highest BCUT2D eigenvalue weighted by Gasteiger charge is 2.26. The molecule has 170 valence electrons. The second-order valence-corrected chi connectivity index (χ2v) is 7.84. The lowest BCUT2D eigenvalue weighted by Gasteiger charge is -2.06. The molecule has 8 nitrogen and oxygen atoms in total. The van der Waals surface area contributed by atoms with E-state index >= 15 is 0 Å². The average Bonchev–Trinajstić information content (AvgIpc) is 3.15. The molecule has 1 heterocycles. The molecule has 1 aromatic heterocycles. The van der Waals surface area contributed by atoms with Crippen LogP contribution in [0.4, 0.5) is 10.7 Å². The molecule has 3 rings (SSSR count). The molecule has 0 fully saturated rings. The third-order valence-corrected chi connectivity index (χ3v) is 5.87. The van der Waals surface area contributed by atoms with Crippen molar-refractivity contribution in [3.05, 3.63) is 81.7 Å². The minimum atomic E-state index is -0.662. The standard InChI is InChI=1S/C24H22N2O6S/c1-4-32-23(29)16-10-12-17(13-11-16)25-21(28)19-14(2)18(24(30)31-3)22(33-19)26-20(27)15-8-6-5-7-9-15/h5-13H,4H2,1-3H3,(H,25,28)(H,26,27). The van der Waals surface area contributed by atoms with E-state index in [1.54, 1.807) is 68.4 Å². The molecule has 33 heavy (non-hydrogen) atoms. The van der Waals surface area contributed by atoms with Gasteiger partial charge in [0.05, 0.1) is 29.7 Å². The molecule has 9 heteroatoms. The van der Waals surface area contributed by atoms with Gasteiger partial charge in [0.15, 0.2) is 0 Å². The fraction of sp³-hybridized carbons (Fsp3) is 0.167. The maximum absolute atomic E-state index is 12.9. The Labute approximate surface area is 194 Å². The summed E-state index contributed by atoms with van der Waals surface area (Å²) >= 11 is 0.976. The SMILES string of the molecule is CCOC(=O)c1ccc(NC(=O)c2sc(NC(=O)c3ccccc3)c(C(=O)OC)c2C)cc1. The van der Waals surface area contributed by atoms with Crippen LogP contribution in [0.5, 0.6) is 0 Å². The average molecular weight is 467 g/mol. The summed E-state index contributed by atoms with van der Waals surface area (Å²) in [5, 5.41) is 5.65. The van der Waals surface area contributed by atoms with Crippen LogP contribution >= 0.6 is 11.3 Å². The van der Waals surface area contributed by atoms with Crippen LogP contribution in [0.2, 0.25) is 0 Å². The lowest BCUT2D eigenvalue weighted by Crippen LogP contribution is -2.14. The molecule has 0 saturated heterocycles. The van der Waals surface area contributed by atoms with Crippen molar-refractivity contribution in [3.8, 4) is 0 Å². The minimum Gasteiger partial charge on any atom is -0.465 e. The van der Waals surface area contributed by atoms with Crippen LogP contribution in [0, 0.1) is 6.92 Å². The Hall–Kier alpha value is -3.98. The van der Waals surface area contributed by atoms with Crippen LogP contribution in [0.25, 0.3) is 0 Å². The second kappa shape index (κ2) is 10.6. The first-order valence-electron chi connectivity index (χ1n) is 10.0. The number of nitrogens with one attached hydrogen (secondary N) is 2. The van der Waals surface area contributed by atoms with Gasteiger partial charge in [0.2, 0.25) is 0 Å². The number of carbonyl (C=O) groups is 4. The van der Waals surface area contributed by atoms with Crippen molar-refractivity contribution in [1.82, 2.24) is 0 Å². The number of methoxy groups -OCH3 is 1. The summed E-state index contributed by atoms with van der Waals surface area (Å²) < 4.78 is 9.80. The number of ether oxygens (including phenoxy) is 2. The van der Waals surface area contributed by atoms with E-state index < -0.39 is 23.8 Å².